The Kier molecular flexibility index (Phi) is 12.2. The van der Waals surface area contributed by atoms with Gasteiger partial charge in [0.15, 0.2) is 0 Å². The van der Waals surface area contributed by atoms with Crippen LogP contribution in [0.4, 0.5) is 17.6 Å². The van der Waals surface area contributed by atoms with E-state index >= 15 is 0 Å². The van der Waals surface area contributed by atoms with Crippen molar-refractivity contribution in [1.29, 1.82) is 0 Å². The van der Waals surface area contributed by atoms with Crippen LogP contribution in [0.25, 0.3) is 0 Å². The van der Waals surface area contributed by atoms with E-state index in [-0.39, 0.29) is 56.5 Å². The number of halogens is 4. The second-order valence-electron chi connectivity index (χ2n) is 10.0. The number of rotatable bonds is 7. The van der Waals surface area contributed by atoms with Gasteiger partial charge in [-0.15, -0.1) is 0 Å². The quantitative estimate of drug-likeness (QED) is 0.335. The molecule has 1 heterocycles. The molecule has 3 N–H and O–H groups in total. The van der Waals surface area contributed by atoms with Crippen LogP contribution in [-0.4, -0.2) is 60.2 Å². The number of aliphatic hydroxyl groups excluding tert-OH is 1. The largest absolute Gasteiger partial charge is 0.489 e. The van der Waals surface area contributed by atoms with Crippen molar-refractivity contribution in [2.75, 3.05) is 26.2 Å². The number of nitrogens with one attached hydrogen (secondary N) is 2. The van der Waals surface area contributed by atoms with E-state index in [9.17, 15) is 32.3 Å². The lowest BCUT2D eigenvalue weighted by Gasteiger charge is -2.25. The number of aliphatic hydroxyl groups is 1. The van der Waals surface area contributed by atoms with Crippen LogP contribution in [0.3, 0.4) is 0 Å². The van der Waals surface area contributed by atoms with E-state index in [1.807, 2.05) is 13.0 Å². The van der Waals surface area contributed by atoms with Crippen LogP contribution in [0.15, 0.2) is 54.6 Å². The molecule has 41 heavy (non-hydrogen) atoms. The molecule has 2 bridgehead atoms. The lowest BCUT2D eigenvalue weighted by molar-refractivity contribution is -0.137. The molecule has 7 nitrogen and oxygen atoms in total. The van der Waals surface area contributed by atoms with Gasteiger partial charge in [-0.1, -0.05) is 31.2 Å². The third-order valence-electron chi connectivity index (χ3n) is 6.61. The van der Waals surface area contributed by atoms with Gasteiger partial charge in [0, 0.05) is 45.1 Å². The van der Waals surface area contributed by atoms with Gasteiger partial charge in [0.05, 0.1) is 17.7 Å². The number of ether oxygens (including phenoxy) is 1. The van der Waals surface area contributed by atoms with Crippen LogP contribution in [0, 0.1) is 5.82 Å². The highest BCUT2D eigenvalue weighted by atomic mass is 19.4. The Morgan fingerprint density at radius 3 is 2.71 bits per heavy atom. The molecule has 0 aromatic heterocycles. The molecule has 0 spiro atoms. The average Bonchev–Trinajstić information content (AvgIpc) is 2.91. The Labute approximate surface area is 237 Å². The number of hydrogen-bond acceptors (Lipinski definition) is 5. The summed E-state index contributed by atoms with van der Waals surface area (Å²) in [5.74, 6) is -0.712. The molecule has 2 aromatic rings. The summed E-state index contributed by atoms with van der Waals surface area (Å²) in [6, 6.07) is 8.18. The zero-order valence-electron chi connectivity index (χ0n) is 23.1. The van der Waals surface area contributed by atoms with Gasteiger partial charge in [0.2, 0.25) is 11.8 Å². The van der Waals surface area contributed by atoms with E-state index in [1.54, 1.807) is 17.0 Å². The van der Waals surface area contributed by atoms with Crippen LogP contribution in [0.1, 0.15) is 49.3 Å². The lowest BCUT2D eigenvalue weighted by Crippen LogP contribution is -2.48. The van der Waals surface area contributed by atoms with E-state index in [1.165, 1.54) is 24.3 Å². The highest BCUT2D eigenvalue weighted by Gasteiger charge is 2.30. The van der Waals surface area contributed by atoms with Crippen molar-refractivity contribution in [1.82, 2.24) is 15.5 Å². The number of alkyl halides is 3. The maximum absolute atomic E-state index is 14.4. The van der Waals surface area contributed by atoms with Gasteiger partial charge >= 0.3 is 6.18 Å². The Hall–Kier alpha value is -3.44. The summed E-state index contributed by atoms with van der Waals surface area (Å²) in [7, 11) is 0. The van der Waals surface area contributed by atoms with Crippen molar-refractivity contribution in [3.63, 3.8) is 0 Å². The zero-order valence-corrected chi connectivity index (χ0v) is 23.1. The van der Waals surface area contributed by atoms with Crippen molar-refractivity contribution < 1.29 is 37.0 Å². The molecular formula is C30H37F4N3O4. The molecule has 1 aliphatic rings. The minimum atomic E-state index is -4.47. The van der Waals surface area contributed by atoms with Gasteiger partial charge in [0.25, 0.3) is 0 Å². The number of carbonyl (C=O) groups is 2. The van der Waals surface area contributed by atoms with Gasteiger partial charge in [-0.25, -0.2) is 4.39 Å². The first kappa shape index (κ1) is 32.1. The third kappa shape index (κ3) is 10.8. The fourth-order valence-corrected chi connectivity index (χ4v) is 4.56. The van der Waals surface area contributed by atoms with Crippen molar-refractivity contribution in [3.8, 4) is 5.75 Å². The molecule has 2 amide bonds. The van der Waals surface area contributed by atoms with Gasteiger partial charge in [-0.05, 0) is 54.7 Å². The van der Waals surface area contributed by atoms with Crippen molar-refractivity contribution >= 4 is 11.8 Å². The third-order valence-corrected chi connectivity index (χ3v) is 6.61. The number of fused-ring (bicyclic) bond motifs is 2. The predicted molar refractivity (Wildman–Crippen MR) is 147 cm³/mol. The van der Waals surface area contributed by atoms with Gasteiger partial charge in [0.1, 0.15) is 18.2 Å². The van der Waals surface area contributed by atoms with Crippen LogP contribution in [0.5, 0.6) is 5.75 Å². The van der Waals surface area contributed by atoms with Crippen LogP contribution in [-0.2, 0) is 28.7 Å². The smallest absolute Gasteiger partial charge is 0.416 e. The molecule has 0 aliphatic carbocycles. The molecule has 0 fully saturated rings. The fraction of sp³-hybridized carbons (Fsp3) is 0.467. The van der Waals surface area contributed by atoms with Gasteiger partial charge in [-0.3, -0.25) is 9.59 Å². The highest BCUT2D eigenvalue weighted by molar-refractivity contribution is 5.79. The predicted octanol–water partition coefficient (Wildman–Crippen LogP) is 4.38. The molecule has 224 valence electrons. The summed E-state index contributed by atoms with van der Waals surface area (Å²) < 4.78 is 59.2. The molecular weight excluding hydrogens is 542 g/mol. The number of nitrogens with zero attached hydrogens (tertiary/aromatic N) is 1. The standard InChI is InChI=1S/C30H37F4N3O4/c1-2-11-37-12-3-4-13-41-25-16-22(15-24(31)18-25)17-26(36-28(39)9-6-10-29(37)40)27(38)20-35-19-21-7-5-8-23(14-21)30(32,33)34/h3-5,7-8,14-16,18,26-27,35,38H,2,6,9-13,17,19-20H2,1H3,(H,36,39). The van der Waals surface area contributed by atoms with E-state index in [0.29, 0.717) is 30.6 Å². The Morgan fingerprint density at radius 1 is 1.15 bits per heavy atom. The van der Waals surface area contributed by atoms with E-state index in [2.05, 4.69) is 10.6 Å². The summed E-state index contributed by atoms with van der Waals surface area (Å²) in [4.78, 5) is 27.2. The highest BCUT2D eigenvalue weighted by Crippen LogP contribution is 2.29. The van der Waals surface area contributed by atoms with Crippen LogP contribution < -0.4 is 15.4 Å². The van der Waals surface area contributed by atoms with E-state index in [4.69, 9.17) is 4.74 Å². The molecule has 0 saturated carbocycles. The number of carbonyl (C=O) groups excluding carboxylic acids is 2. The van der Waals surface area contributed by atoms with Gasteiger partial charge < -0.3 is 25.4 Å². The molecule has 2 atom stereocenters. The first-order valence-electron chi connectivity index (χ1n) is 13.7. The average molecular weight is 580 g/mol. The molecule has 2 unspecified atom stereocenters. The Balaban J connectivity index is 1.73. The van der Waals surface area contributed by atoms with Gasteiger partial charge in [-0.2, -0.15) is 13.2 Å². The first-order chi connectivity index (χ1) is 19.5. The van der Waals surface area contributed by atoms with E-state index < -0.39 is 29.7 Å². The van der Waals surface area contributed by atoms with Crippen LogP contribution in [0.2, 0.25) is 0 Å². The minimum Gasteiger partial charge on any atom is -0.489 e. The number of hydrogen-bond donors (Lipinski definition) is 3. The molecule has 1 aliphatic heterocycles. The second-order valence-corrected chi connectivity index (χ2v) is 10.0. The fourth-order valence-electron chi connectivity index (χ4n) is 4.56. The summed E-state index contributed by atoms with van der Waals surface area (Å²) in [6.07, 6.45) is -0.623. The maximum Gasteiger partial charge on any atom is 0.416 e. The summed E-state index contributed by atoms with van der Waals surface area (Å²) >= 11 is 0. The van der Waals surface area contributed by atoms with E-state index in [0.717, 1.165) is 18.6 Å². The molecule has 2 aromatic carbocycles. The topological polar surface area (TPSA) is 90.9 Å². The Bertz CT molecular complexity index is 1190. The monoisotopic (exact) mass is 579 g/mol. The first-order valence-corrected chi connectivity index (χ1v) is 13.7. The van der Waals surface area contributed by atoms with Crippen molar-refractivity contribution in [3.05, 3.63) is 77.1 Å². The normalized spacial score (nSPS) is 18.4. The SMILES string of the molecule is CCCN1CC=CCOc2cc(F)cc(c2)CC(C(O)CNCc2cccc(C(F)(F)F)c2)NC(=O)CCCC1=O. The molecule has 3 rings (SSSR count). The lowest BCUT2D eigenvalue weighted by atomic mass is 10.00. The number of benzene rings is 2. The molecule has 0 radical (unpaired) electrons. The van der Waals surface area contributed by atoms with Crippen LogP contribution >= 0.6 is 0 Å². The zero-order chi connectivity index (χ0) is 29.8. The maximum atomic E-state index is 14.4. The summed E-state index contributed by atoms with van der Waals surface area (Å²) in [5.41, 5.74) is 0.0984. The second kappa shape index (κ2) is 15.5. The Morgan fingerprint density at radius 2 is 1.95 bits per heavy atom. The number of amides is 2. The minimum absolute atomic E-state index is 0.0465. The molecule has 0 saturated heterocycles. The molecule has 11 heteroatoms. The van der Waals surface area contributed by atoms with Crippen molar-refractivity contribution in [2.45, 2.75) is 63.9 Å². The summed E-state index contributed by atoms with van der Waals surface area (Å²) in [6.45, 7) is 3.12. The van der Waals surface area contributed by atoms with Crippen molar-refractivity contribution in [2.24, 2.45) is 0 Å². The summed E-state index contributed by atoms with van der Waals surface area (Å²) in [5, 5.41) is 16.7.